The minimum atomic E-state index is 0.512. The highest BCUT2D eigenvalue weighted by atomic mass is 16.3. The topological polar surface area (TPSA) is 13.1 Å². The van der Waals surface area contributed by atoms with Gasteiger partial charge in [-0.25, -0.2) is 0 Å². The number of para-hydroxylation sites is 1. The summed E-state index contributed by atoms with van der Waals surface area (Å²) in [5.74, 6) is 0.512. The molecule has 0 aliphatic rings. The highest BCUT2D eigenvalue weighted by Gasteiger charge is 2.14. The van der Waals surface area contributed by atoms with Gasteiger partial charge in [0.25, 0.3) is 0 Å². The standard InChI is InChI=1S/C25H20O/c1-16(2)18-14-13-17-7-5-9-19(22(17)15-18)20-10-6-12-24-25(20)21-8-3-4-11-23(21)26-24/h3-16H,1-2H3. The fourth-order valence-electron chi connectivity index (χ4n) is 3.88. The van der Waals surface area contributed by atoms with Gasteiger partial charge in [-0.3, -0.25) is 0 Å². The van der Waals surface area contributed by atoms with Gasteiger partial charge < -0.3 is 4.42 Å². The molecular formula is C25H20O. The molecule has 0 spiro atoms. The first kappa shape index (κ1) is 15.2. The summed E-state index contributed by atoms with van der Waals surface area (Å²) in [5, 5.41) is 4.95. The molecule has 126 valence electrons. The van der Waals surface area contributed by atoms with Crippen LogP contribution in [-0.4, -0.2) is 0 Å². The zero-order chi connectivity index (χ0) is 17.7. The first-order chi connectivity index (χ1) is 12.7. The van der Waals surface area contributed by atoms with Gasteiger partial charge in [0.05, 0.1) is 0 Å². The van der Waals surface area contributed by atoms with Crippen molar-refractivity contribution in [2.24, 2.45) is 0 Å². The smallest absolute Gasteiger partial charge is 0.136 e. The summed E-state index contributed by atoms with van der Waals surface area (Å²) in [6.45, 7) is 4.49. The molecule has 4 aromatic carbocycles. The average Bonchev–Trinajstić information content (AvgIpc) is 3.06. The zero-order valence-electron chi connectivity index (χ0n) is 15.0. The largest absolute Gasteiger partial charge is 0.456 e. The molecule has 0 N–H and O–H groups in total. The molecule has 0 amide bonds. The molecule has 0 saturated carbocycles. The molecule has 0 aliphatic carbocycles. The molecule has 1 heteroatoms. The van der Waals surface area contributed by atoms with E-state index in [0.717, 1.165) is 11.2 Å². The SMILES string of the molecule is CC(C)c1ccc2cccc(-c3cccc4oc5ccccc5c34)c2c1. The number of hydrogen-bond acceptors (Lipinski definition) is 1. The molecule has 1 aromatic heterocycles. The van der Waals surface area contributed by atoms with Gasteiger partial charge in [-0.1, -0.05) is 80.6 Å². The van der Waals surface area contributed by atoms with Gasteiger partial charge in [-0.2, -0.15) is 0 Å². The van der Waals surface area contributed by atoms with Crippen LogP contribution in [-0.2, 0) is 0 Å². The molecule has 0 atom stereocenters. The monoisotopic (exact) mass is 336 g/mol. The van der Waals surface area contributed by atoms with Gasteiger partial charge in [0, 0.05) is 10.8 Å². The number of benzene rings is 4. The normalized spacial score (nSPS) is 11.8. The van der Waals surface area contributed by atoms with Gasteiger partial charge in [0.15, 0.2) is 0 Å². The summed E-state index contributed by atoms with van der Waals surface area (Å²) >= 11 is 0. The lowest BCUT2D eigenvalue weighted by Crippen LogP contribution is -1.89. The summed E-state index contributed by atoms with van der Waals surface area (Å²) in [4.78, 5) is 0. The Morgan fingerprint density at radius 1 is 0.654 bits per heavy atom. The van der Waals surface area contributed by atoms with Crippen LogP contribution in [0.25, 0.3) is 43.8 Å². The molecule has 0 aliphatic heterocycles. The highest BCUT2D eigenvalue weighted by molar-refractivity contribution is 6.15. The third-order valence-corrected chi connectivity index (χ3v) is 5.27. The Morgan fingerprint density at radius 2 is 1.42 bits per heavy atom. The Morgan fingerprint density at radius 3 is 2.31 bits per heavy atom. The molecule has 0 radical (unpaired) electrons. The molecule has 1 heterocycles. The second kappa shape index (κ2) is 5.74. The fourth-order valence-corrected chi connectivity index (χ4v) is 3.88. The molecule has 0 saturated heterocycles. The summed E-state index contributed by atoms with van der Waals surface area (Å²) in [6.07, 6.45) is 0. The van der Waals surface area contributed by atoms with Crippen LogP contribution in [0.1, 0.15) is 25.3 Å². The van der Waals surface area contributed by atoms with Crippen LogP contribution in [0, 0.1) is 0 Å². The third kappa shape index (κ3) is 2.24. The summed E-state index contributed by atoms with van der Waals surface area (Å²) in [7, 11) is 0. The molecule has 0 fully saturated rings. The van der Waals surface area contributed by atoms with E-state index in [0.29, 0.717) is 5.92 Å². The van der Waals surface area contributed by atoms with Gasteiger partial charge >= 0.3 is 0 Å². The van der Waals surface area contributed by atoms with Crippen molar-refractivity contribution in [3.63, 3.8) is 0 Å². The number of fused-ring (bicyclic) bond motifs is 4. The number of furan rings is 1. The van der Waals surface area contributed by atoms with E-state index < -0.39 is 0 Å². The van der Waals surface area contributed by atoms with E-state index in [1.54, 1.807) is 0 Å². The minimum absolute atomic E-state index is 0.512. The molecule has 1 nitrogen and oxygen atoms in total. The predicted molar refractivity (Wildman–Crippen MR) is 111 cm³/mol. The summed E-state index contributed by atoms with van der Waals surface area (Å²) in [5.41, 5.74) is 5.76. The van der Waals surface area contributed by atoms with Gasteiger partial charge in [0.1, 0.15) is 11.2 Å². The Kier molecular flexibility index (Phi) is 3.36. The van der Waals surface area contributed by atoms with Crippen molar-refractivity contribution in [1.29, 1.82) is 0 Å². The van der Waals surface area contributed by atoms with Crippen LogP contribution in [0.15, 0.2) is 83.3 Å². The van der Waals surface area contributed by atoms with Gasteiger partial charge in [-0.05, 0) is 45.5 Å². The van der Waals surface area contributed by atoms with Crippen molar-refractivity contribution >= 4 is 32.7 Å². The van der Waals surface area contributed by atoms with Crippen LogP contribution < -0.4 is 0 Å². The maximum absolute atomic E-state index is 6.09. The Hall–Kier alpha value is -3.06. The molecule has 26 heavy (non-hydrogen) atoms. The quantitative estimate of drug-likeness (QED) is 0.325. The maximum Gasteiger partial charge on any atom is 0.136 e. The van der Waals surface area contributed by atoms with Crippen molar-refractivity contribution < 1.29 is 4.42 Å². The van der Waals surface area contributed by atoms with Crippen LogP contribution in [0.3, 0.4) is 0 Å². The fraction of sp³-hybridized carbons (Fsp3) is 0.120. The predicted octanol–water partition coefficient (Wildman–Crippen LogP) is 7.53. The molecule has 5 rings (SSSR count). The Labute approximate surface area is 152 Å². The van der Waals surface area contributed by atoms with Crippen molar-refractivity contribution in [2.75, 3.05) is 0 Å². The van der Waals surface area contributed by atoms with Crippen LogP contribution in [0.2, 0.25) is 0 Å². The third-order valence-electron chi connectivity index (χ3n) is 5.27. The van der Waals surface area contributed by atoms with Gasteiger partial charge in [-0.15, -0.1) is 0 Å². The van der Waals surface area contributed by atoms with E-state index in [9.17, 15) is 0 Å². The van der Waals surface area contributed by atoms with E-state index in [1.807, 2.05) is 12.1 Å². The van der Waals surface area contributed by atoms with Crippen molar-refractivity contribution in [2.45, 2.75) is 19.8 Å². The molecule has 5 aromatic rings. The van der Waals surface area contributed by atoms with E-state index in [4.69, 9.17) is 4.42 Å². The zero-order valence-corrected chi connectivity index (χ0v) is 15.0. The lowest BCUT2D eigenvalue weighted by molar-refractivity contribution is 0.669. The second-order valence-corrected chi connectivity index (χ2v) is 7.22. The molecule has 0 bridgehead atoms. The lowest BCUT2D eigenvalue weighted by atomic mass is 9.92. The van der Waals surface area contributed by atoms with Crippen LogP contribution >= 0.6 is 0 Å². The summed E-state index contributed by atoms with van der Waals surface area (Å²) in [6, 6.07) is 28.0. The highest BCUT2D eigenvalue weighted by Crippen LogP contribution is 2.39. The van der Waals surface area contributed by atoms with E-state index in [2.05, 4.69) is 80.6 Å². The molecular weight excluding hydrogens is 316 g/mol. The first-order valence-corrected chi connectivity index (χ1v) is 9.16. The average molecular weight is 336 g/mol. The van der Waals surface area contributed by atoms with Gasteiger partial charge in [0.2, 0.25) is 0 Å². The summed E-state index contributed by atoms with van der Waals surface area (Å²) < 4.78 is 6.09. The minimum Gasteiger partial charge on any atom is -0.456 e. The number of hydrogen-bond donors (Lipinski definition) is 0. The first-order valence-electron chi connectivity index (χ1n) is 9.16. The maximum atomic E-state index is 6.09. The van der Waals surface area contributed by atoms with E-state index in [-0.39, 0.29) is 0 Å². The van der Waals surface area contributed by atoms with E-state index >= 15 is 0 Å². The van der Waals surface area contributed by atoms with Crippen LogP contribution in [0.4, 0.5) is 0 Å². The molecule has 0 unspecified atom stereocenters. The Balaban J connectivity index is 1.90. The Bertz CT molecular complexity index is 1260. The lowest BCUT2D eigenvalue weighted by Gasteiger charge is -2.12. The van der Waals surface area contributed by atoms with Crippen LogP contribution in [0.5, 0.6) is 0 Å². The van der Waals surface area contributed by atoms with E-state index in [1.165, 1.54) is 38.2 Å². The van der Waals surface area contributed by atoms with Crippen molar-refractivity contribution in [3.8, 4) is 11.1 Å². The van der Waals surface area contributed by atoms with Crippen molar-refractivity contribution in [1.82, 2.24) is 0 Å². The second-order valence-electron chi connectivity index (χ2n) is 7.22. The van der Waals surface area contributed by atoms with Crippen molar-refractivity contribution in [3.05, 3.63) is 84.4 Å². The number of rotatable bonds is 2.